The van der Waals surface area contributed by atoms with Crippen molar-refractivity contribution in [3.8, 4) is 0 Å². The summed E-state index contributed by atoms with van der Waals surface area (Å²) in [6, 6.07) is 5.62. The zero-order valence-electron chi connectivity index (χ0n) is 10.9. The molecule has 2 heterocycles. The molecule has 20 heavy (non-hydrogen) atoms. The number of benzene rings is 1. The van der Waals surface area contributed by atoms with Crippen LogP contribution >= 0.6 is 11.6 Å². The van der Waals surface area contributed by atoms with E-state index in [1.54, 1.807) is 12.4 Å². The van der Waals surface area contributed by atoms with E-state index >= 15 is 0 Å². The van der Waals surface area contributed by atoms with Crippen LogP contribution in [0.4, 0.5) is 0 Å². The zero-order valence-corrected chi connectivity index (χ0v) is 11.7. The van der Waals surface area contributed by atoms with Crippen molar-refractivity contribution in [2.24, 2.45) is 5.73 Å². The molecule has 2 aromatic heterocycles. The van der Waals surface area contributed by atoms with Crippen molar-refractivity contribution >= 4 is 33.5 Å². The first-order chi connectivity index (χ1) is 9.63. The Labute approximate surface area is 120 Å². The van der Waals surface area contributed by atoms with Gasteiger partial charge in [-0.05, 0) is 25.1 Å². The maximum atomic E-state index is 6.05. The zero-order chi connectivity index (χ0) is 14.1. The molecule has 0 spiro atoms. The van der Waals surface area contributed by atoms with Gasteiger partial charge in [0.2, 0.25) is 0 Å². The van der Waals surface area contributed by atoms with Crippen molar-refractivity contribution in [2.75, 3.05) is 0 Å². The SMILES string of the molecule is C/C(N)=C/NCc1nc2cnc3ccc(Cl)cc3c2[nH]1. The van der Waals surface area contributed by atoms with E-state index < -0.39 is 0 Å². The predicted molar refractivity (Wildman–Crippen MR) is 81.2 cm³/mol. The summed E-state index contributed by atoms with van der Waals surface area (Å²) >= 11 is 6.05. The second-order valence-electron chi connectivity index (χ2n) is 4.63. The Morgan fingerprint density at radius 3 is 3.10 bits per heavy atom. The highest BCUT2D eigenvalue weighted by Crippen LogP contribution is 2.24. The van der Waals surface area contributed by atoms with Crippen molar-refractivity contribution < 1.29 is 0 Å². The smallest absolute Gasteiger partial charge is 0.126 e. The Morgan fingerprint density at radius 2 is 2.30 bits per heavy atom. The third-order valence-electron chi connectivity index (χ3n) is 2.93. The van der Waals surface area contributed by atoms with E-state index in [1.165, 1.54) is 0 Å². The molecule has 1 aromatic carbocycles. The summed E-state index contributed by atoms with van der Waals surface area (Å²) in [5.41, 5.74) is 8.95. The molecular weight excluding hydrogens is 274 g/mol. The Morgan fingerprint density at radius 1 is 1.45 bits per heavy atom. The van der Waals surface area contributed by atoms with Gasteiger partial charge in [-0.2, -0.15) is 0 Å². The second-order valence-corrected chi connectivity index (χ2v) is 5.07. The van der Waals surface area contributed by atoms with Crippen LogP contribution in [0.2, 0.25) is 5.02 Å². The van der Waals surface area contributed by atoms with E-state index in [9.17, 15) is 0 Å². The number of nitrogens with zero attached hydrogens (tertiary/aromatic N) is 2. The highest BCUT2D eigenvalue weighted by atomic mass is 35.5. The minimum Gasteiger partial charge on any atom is -0.401 e. The number of aromatic amines is 1. The van der Waals surface area contributed by atoms with Crippen molar-refractivity contribution in [2.45, 2.75) is 13.5 Å². The average Bonchev–Trinajstić information content (AvgIpc) is 2.81. The number of aromatic nitrogens is 3. The van der Waals surface area contributed by atoms with Gasteiger partial charge in [-0.25, -0.2) is 4.98 Å². The molecule has 0 saturated heterocycles. The van der Waals surface area contributed by atoms with Crippen LogP contribution in [0.1, 0.15) is 12.7 Å². The lowest BCUT2D eigenvalue weighted by Gasteiger charge is -1.98. The maximum Gasteiger partial charge on any atom is 0.126 e. The largest absolute Gasteiger partial charge is 0.401 e. The van der Waals surface area contributed by atoms with Crippen molar-refractivity contribution in [1.82, 2.24) is 20.3 Å². The highest BCUT2D eigenvalue weighted by molar-refractivity contribution is 6.31. The number of nitrogens with two attached hydrogens (primary N) is 1. The fraction of sp³-hybridized carbons (Fsp3) is 0.143. The summed E-state index contributed by atoms with van der Waals surface area (Å²) in [7, 11) is 0. The van der Waals surface area contributed by atoms with E-state index in [2.05, 4.69) is 20.3 Å². The molecule has 0 aliphatic rings. The first-order valence-electron chi connectivity index (χ1n) is 6.22. The Balaban J connectivity index is 2.04. The van der Waals surface area contributed by atoms with Crippen molar-refractivity contribution in [3.63, 3.8) is 0 Å². The number of pyridine rings is 1. The fourth-order valence-corrected chi connectivity index (χ4v) is 2.25. The molecular formula is C14H14ClN5. The number of hydrogen-bond donors (Lipinski definition) is 3. The van der Waals surface area contributed by atoms with Crippen LogP contribution in [-0.2, 0) is 6.54 Å². The molecule has 0 aliphatic carbocycles. The van der Waals surface area contributed by atoms with Gasteiger partial charge in [-0.1, -0.05) is 11.6 Å². The van der Waals surface area contributed by atoms with Gasteiger partial charge >= 0.3 is 0 Å². The quantitative estimate of drug-likeness (QED) is 0.692. The van der Waals surface area contributed by atoms with Gasteiger partial charge in [-0.15, -0.1) is 0 Å². The Bertz CT molecular complexity index is 802. The van der Waals surface area contributed by atoms with Crippen LogP contribution in [-0.4, -0.2) is 15.0 Å². The molecule has 3 aromatic rings. The molecule has 0 amide bonds. The molecule has 5 nitrogen and oxygen atoms in total. The molecule has 0 fully saturated rings. The molecule has 0 unspecified atom stereocenters. The van der Waals surface area contributed by atoms with Crippen LogP contribution in [0.5, 0.6) is 0 Å². The van der Waals surface area contributed by atoms with Gasteiger partial charge in [0.15, 0.2) is 0 Å². The summed E-state index contributed by atoms with van der Waals surface area (Å²) in [6.07, 6.45) is 3.51. The molecule has 0 saturated carbocycles. The molecule has 0 radical (unpaired) electrons. The van der Waals surface area contributed by atoms with E-state index in [-0.39, 0.29) is 0 Å². The first kappa shape index (κ1) is 12.7. The van der Waals surface area contributed by atoms with Crippen LogP contribution < -0.4 is 11.1 Å². The number of imidazole rings is 1. The molecule has 4 N–H and O–H groups in total. The minimum atomic E-state index is 0.575. The fourth-order valence-electron chi connectivity index (χ4n) is 2.08. The van der Waals surface area contributed by atoms with Gasteiger partial charge in [0, 0.05) is 22.3 Å². The van der Waals surface area contributed by atoms with Crippen LogP contribution in [0, 0.1) is 0 Å². The molecule has 6 heteroatoms. The average molecular weight is 288 g/mol. The molecule has 0 atom stereocenters. The lowest BCUT2D eigenvalue weighted by Crippen LogP contribution is -2.09. The normalized spacial score (nSPS) is 12.2. The number of allylic oxidation sites excluding steroid dienone is 1. The minimum absolute atomic E-state index is 0.575. The molecule has 0 bridgehead atoms. The van der Waals surface area contributed by atoms with E-state index in [0.717, 1.165) is 33.5 Å². The van der Waals surface area contributed by atoms with Crippen LogP contribution in [0.3, 0.4) is 0 Å². The first-order valence-corrected chi connectivity index (χ1v) is 6.60. The maximum absolute atomic E-state index is 6.05. The molecule has 0 aliphatic heterocycles. The van der Waals surface area contributed by atoms with Gasteiger partial charge < -0.3 is 16.0 Å². The number of nitrogens with one attached hydrogen (secondary N) is 2. The summed E-state index contributed by atoms with van der Waals surface area (Å²) in [5, 5.41) is 4.75. The van der Waals surface area contributed by atoms with Crippen LogP contribution in [0.25, 0.3) is 21.9 Å². The summed E-state index contributed by atoms with van der Waals surface area (Å²) in [4.78, 5) is 12.2. The van der Waals surface area contributed by atoms with Crippen molar-refractivity contribution in [1.29, 1.82) is 0 Å². The monoisotopic (exact) mass is 287 g/mol. The summed E-state index contributed by atoms with van der Waals surface area (Å²) in [5.74, 6) is 0.826. The van der Waals surface area contributed by atoms with Crippen molar-refractivity contribution in [3.05, 3.63) is 47.1 Å². The Hall–Kier alpha value is -2.27. The van der Waals surface area contributed by atoms with E-state index in [1.807, 2.05) is 25.1 Å². The summed E-state index contributed by atoms with van der Waals surface area (Å²) in [6.45, 7) is 2.40. The number of H-pyrrole nitrogens is 1. The van der Waals surface area contributed by atoms with Gasteiger partial charge in [0.05, 0.1) is 23.8 Å². The van der Waals surface area contributed by atoms with E-state index in [0.29, 0.717) is 11.6 Å². The number of fused-ring (bicyclic) bond motifs is 3. The summed E-state index contributed by atoms with van der Waals surface area (Å²) < 4.78 is 0. The van der Waals surface area contributed by atoms with Gasteiger partial charge in [0.1, 0.15) is 11.3 Å². The number of halogens is 1. The lowest BCUT2D eigenvalue weighted by atomic mass is 10.2. The van der Waals surface area contributed by atoms with E-state index in [4.69, 9.17) is 17.3 Å². The van der Waals surface area contributed by atoms with Crippen LogP contribution in [0.15, 0.2) is 36.3 Å². The standard InChI is InChI=1S/C14H14ClN5/c1-8(16)5-17-7-13-19-12-6-18-11-3-2-9(15)4-10(11)14(12)20-13/h2-6,17H,7,16H2,1H3,(H,19,20)/b8-5-. The second kappa shape index (κ2) is 5.02. The number of rotatable bonds is 3. The predicted octanol–water partition coefficient (Wildman–Crippen LogP) is 2.67. The van der Waals surface area contributed by atoms with Gasteiger partial charge in [-0.3, -0.25) is 4.98 Å². The lowest BCUT2D eigenvalue weighted by molar-refractivity contribution is 0.808. The Kier molecular flexibility index (Phi) is 3.20. The topological polar surface area (TPSA) is 79.6 Å². The third kappa shape index (κ3) is 2.40. The third-order valence-corrected chi connectivity index (χ3v) is 3.17. The number of hydrogen-bond acceptors (Lipinski definition) is 4. The molecule has 102 valence electrons. The molecule has 3 rings (SSSR count). The highest BCUT2D eigenvalue weighted by Gasteiger charge is 2.07. The van der Waals surface area contributed by atoms with Gasteiger partial charge in [0.25, 0.3) is 0 Å².